The Balaban J connectivity index is 4.32. The number of rotatable bonds is 52. The van der Waals surface area contributed by atoms with Crippen LogP contribution in [0.3, 0.4) is 0 Å². The molecule has 0 spiro atoms. The Hall–Kier alpha value is -3.62. The van der Waals surface area contributed by atoms with Crippen molar-refractivity contribution >= 4 is 13.7 Å². The summed E-state index contributed by atoms with van der Waals surface area (Å²) in [5, 5.41) is 13.8. The van der Waals surface area contributed by atoms with Crippen LogP contribution >= 0.6 is 7.82 Å². The molecule has 8 nitrogen and oxygen atoms in total. The van der Waals surface area contributed by atoms with Crippen LogP contribution in [-0.4, -0.2) is 68.5 Å². The molecule has 0 heterocycles. The molecule has 426 valence electrons. The molecule has 0 saturated carbocycles. The molecule has 1 amide bonds. The highest BCUT2D eigenvalue weighted by Gasteiger charge is 2.23. The molecule has 2 N–H and O–H groups in total. The SMILES string of the molecule is CC/C=C\C/C=C\C/C=C\C/C=C\C/C=C\C/C=C\C/C=C\C/C=C\C/C=C\C/C=C\CCCCCCC(=O)NC(COP(=O)([O-])OCC[N+](C)(C)C)C(O)/C=C/CC/C=C/CCCCCCCCCCCCCC. The molecule has 9 heteroatoms. The van der Waals surface area contributed by atoms with Crippen molar-refractivity contribution in [1.82, 2.24) is 5.32 Å². The second kappa shape index (κ2) is 55.1. The third-order valence-corrected chi connectivity index (χ3v) is 13.2. The largest absolute Gasteiger partial charge is 0.756 e. The molecule has 0 fully saturated rings. The number of quaternary nitrogens is 1. The predicted octanol–water partition coefficient (Wildman–Crippen LogP) is 17.8. The molecule has 3 atom stereocenters. The van der Waals surface area contributed by atoms with Crippen LogP contribution < -0.4 is 10.2 Å². The minimum absolute atomic E-state index is 0.0198. The van der Waals surface area contributed by atoms with Gasteiger partial charge in [-0.1, -0.05) is 243 Å². The first kappa shape index (κ1) is 71.4. The molecule has 0 saturated heterocycles. The number of unbranched alkanes of at least 4 members (excludes halogenated alkanes) is 17. The fourth-order valence-corrected chi connectivity index (χ4v) is 8.39. The van der Waals surface area contributed by atoms with Crippen LogP contribution in [0, 0.1) is 0 Å². The van der Waals surface area contributed by atoms with Gasteiger partial charge in [0.2, 0.25) is 5.91 Å². The molecule has 0 aromatic carbocycles. The Kier molecular flexibility index (Phi) is 52.5. The number of nitrogens with zero attached hydrogens (tertiary/aromatic N) is 1. The normalized spacial score (nSPS) is 14.9. The van der Waals surface area contributed by atoms with E-state index in [-0.39, 0.29) is 12.5 Å². The van der Waals surface area contributed by atoms with Crippen molar-refractivity contribution in [1.29, 1.82) is 0 Å². The van der Waals surface area contributed by atoms with E-state index in [0.29, 0.717) is 23.9 Å². The van der Waals surface area contributed by atoms with E-state index in [1.807, 2.05) is 27.2 Å². The van der Waals surface area contributed by atoms with Crippen molar-refractivity contribution in [2.45, 2.75) is 225 Å². The van der Waals surface area contributed by atoms with Gasteiger partial charge in [-0.15, -0.1) is 0 Å². The number of nitrogens with one attached hydrogen (secondary N) is 1. The van der Waals surface area contributed by atoms with Gasteiger partial charge < -0.3 is 28.8 Å². The first-order valence-electron chi connectivity index (χ1n) is 29.7. The number of likely N-dealkylation sites (N-methyl/N-ethyl adjacent to an activating group) is 1. The van der Waals surface area contributed by atoms with E-state index < -0.39 is 26.6 Å². The number of carbonyl (C=O) groups is 1. The Morgan fingerprint density at radius 3 is 1.24 bits per heavy atom. The molecule has 0 aliphatic rings. The number of aliphatic hydroxyl groups is 1. The lowest BCUT2D eigenvalue weighted by Crippen LogP contribution is -2.45. The summed E-state index contributed by atoms with van der Waals surface area (Å²) in [5.74, 6) is -0.238. The number of phosphoric ester groups is 1. The lowest BCUT2D eigenvalue weighted by atomic mass is 10.0. The summed E-state index contributed by atoms with van der Waals surface area (Å²) in [6.45, 7) is 4.48. The van der Waals surface area contributed by atoms with Gasteiger partial charge in [0, 0.05) is 6.42 Å². The molecule has 0 bridgehead atoms. The lowest BCUT2D eigenvalue weighted by molar-refractivity contribution is -0.870. The fraction of sp³-hybridized carbons (Fsp3) is 0.621. The molecular weight excluding hydrogens is 948 g/mol. The first-order chi connectivity index (χ1) is 36.5. The Bertz CT molecular complexity index is 1720. The van der Waals surface area contributed by atoms with Crippen LogP contribution in [0.1, 0.15) is 213 Å². The lowest BCUT2D eigenvalue weighted by Gasteiger charge is -2.29. The van der Waals surface area contributed by atoms with Gasteiger partial charge >= 0.3 is 0 Å². The van der Waals surface area contributed by atoms with E-state index in [1.54, 1.807) is 6.08 Å². The van der Waals surface area contributed by atoms with Crippen LogP contribution in [0.15, 0.2) is 146 Å². The molecule has 0 aliphatic carbocycles. The number of amides is 1. The number of phosphoric acid groups is 1. The highest BCUT2D eigenvalue weighted by Crippen LogP contribution is 2.38. The molecule has 0 radical (unpaired) electrons. The molecule has 0 aromatic rings. The Morgan fingerprint density at radius 2 is 0.827 bits per heavy atom. The summed E-state index contributed by atoms with van der Waals surface area (Å²) < 4.78 is 23.3. The third-order valence-electron chi connectivity index (χ3n) is 12.3. The van der Waals surface area contributed by atoms with E-state index in [0.717, 1.165) is 109 Å². The Labute approximate surface area is 461 Å². The maximum atomic E-state index is 13.0. The van der Waals surface area contributed by atoms with Gasteiger partial charge in [0.15, 0.2) is 0 Å². The number of allylic oxidation sites excluding steroid dienone is 23. The molecule has 3 unspecified atom stereocenters. The first-order valence-corrected chi connectivity index (χ1v) is 31.2. The standard InChI is InChI=1S/C66H111N2O6P/c1-6-8-10-12-14-16-18-20-22-24-26-27-28-29-30-31-32-33-34-35-36-37-38-39-40-41-42-44-46-48-50-52-54-56-58-60-66(70)67-64(63-74-75(71,72)73-62-61-68(3,4)5)65(69)59-57-55-53-51-49-47-45-43-25-23-21-19-17-15-13-11-9-7-2/h8,10,14,16,20,22,26-27,29-30,32-33,35-36,38-39,41-42,46,48-49,51,57,59,64-65,69H,6-7,9,11-13,15,17-19,21,23-25,28,31,34,37,40,43-45,47,50,52-56,58,60-63H2,1-5H3,(H-,67,70,71,72)/b10-8-,16-14-,22-20-,27-26-,30-29-,33-32-,36-35-,39-38-,42-41-,48-46-,51-49+,59-57+. The van der Waals surface area contributed by atoms with E-state index in [1.165, 1.54) is 77.0 Å². The second-order valence-electron chi connectivity index (χ2n) is 20.6. The summed E-state index contributed by atoms with van der Waals surface area (Å²) in [5.41, 5.74) is 0. The van der Waals surface area contributed by atoms with E-state index in [9.17, 15) is 19.4 Å². The number of carbonyl (C=O) groups excluding carboxylic acids is 1. The molecule has 75 heavy (non-hydrogen) atoms. The number of aliphatic hydroxyl groups excluding tert-OH is 1. The molecule has 0 rings (SSSR count). The van der Waals surface area contributed by atoms with E-state index >= 15 is 0 Å². The zero-order valence-corrected chi connectivity index (χ0v) is 49.3. The monoisotopic (exact) mass is 1060 g/mol. The van der Waals surface area contributed by atoms with Crippen LogP contribution in [-0.2, 0) is 18.4 Å². The average Bonchev–Trinajstić information content (AvgIpc) is 3.37. The quantitative estimate of drug-likeness (QED) is 0.0272. The average molecular weight is 1060 g/mol. The molecular formula is C66H111N2O6P. The van der Waals surface area contributed by atoms with Gasteiger partial charge in [0.1, 0.15) is 13.2 Å². The van der Waals surface area contributed by atoms with Crippen molar-refractivity contribution in [3.8, 4) is 0 Å². The van der Waals surface area contributed by atoms with E-state index in [4.69, 9.17) is 9.05 Å². The summed E-state index contributed by atoms with van der Waals surface area (Å²) in [6.07, 6.45) is 85.0. The maximum absolute atomic E-state index is 13.0. The van der Waals surface area contributed by atoms with Gasteiger partial charge in [0.25, 0.3) is 7.82 Å². The van der Waals surface area contributed by atoms with Crippen LogP contribution in [0.25, 0.3) is 0 Å². The second-order valence-corrected chi connectivity index (χ2v) is 22.0. The van der Waals surface area contributed by atoms with Crippen molar-refractivity contribution in [3.05, 3.63) is 146 Å². The van der Waals surface area contributed by atoms with Gasteiger partial charge in [0.05, 0.1) is 39.9 Å². The zero-order chi connectivity index (χ0) is 54.9. The van der Waals surface area contributed by atoms with Crippen molar-refractivity contribution in [3.63, 3.8) is 0 Å². The van der Waals surface area contributed by atoms with Gasteiger partial charge in [-0.25, -0.2) is 0 Å². The van der Waals surface area contributed by atoms with Crippen LogP contribution in [0.5, 0.6) is 0 Å². The van der Waals surface area contributed by atoms with E-state index in [2.05, 4.69) is 153 Å². The fourth-order valence-electron chi connectivity index (χ4n) is 7.67. The number of hydrogen-bond acceptors (Lipinski definition) is 6. The van der Waals surface area contributed by atoms with Crippen LogP contribution in [0.2, 0.25) is 0 Å². The topological polar surface area (TPSA) is 108 Å². The predicted molar refractivity (Wildman–Crippen MR) is 325 cm³/mol. The van der Waals surface area contributed by atoms with Gasteiger partial charge in [-0.3, -0.25) is 9.36 Å². The Morgan fingerprint density at radius 1 is 0.480 bits per heavy atom. The maximum Gasteiger partial charge on any atom is 0.268 e. The summed E-state index contributed by atoms with van der Waals surface area (Å²) >= 11 is 0. The minimum atomic E-state index is -4.62. The summed E-state index contributed by atoms with van der Waals surface area (Å²) in [4.78, 5) is 25.5. The van der Waals surface area contributed by atoms with Crippen molar-refractivity contribution < 1.29 is 32.9 Å². The molecule has 0 aromatic heterocycles. The summed E-state index contributed by atoms with van der Waals surface area (Å²) in [7, 11) is 1.20. The smallest absolute Gasteiger partial charge is 0.268 e. The highest BCUT2D eigenvalue weighted by molar-refractivity contribution is 7.45. The van der Waals surface area contributed by atoms with Crippen molar-refractivity contribution in [2.75, 3.05) is 40.9 Å². The highest BCUT2D eigenvalue weighted by atomic mass is 31.2. The minimum Gasteiger partial charge on any atom is -0.756 e. The zero-order valence-electron chi connectivity index (χ0n) is 48.4. The third kappa shape index (κ3) is 57.9. The number of hydrogen-bond donors (Lipinski definition) is 2. The van der Waals surface area contributed by atoms with Crippen molar-refractivity contribution in [2.24, 2.45) is 0 Å². The van der Waals surface area contributed by atoms with Gasteiger partial charge in [-0.2, -0.15) is 0 Å². The molecule has 0 aliphatic heterocycles. The van der Waals surface area contributed by atoms with Gasteiger partial charge in [-0.05, 0) is 109 Å². The van der Waals surface area contributed by atoms with Crippen LogP contribution in [0.4, 0.5) is 0 Å². The summed E-state index contributed by atoms with van der Waals surface area (Å²) in [6, 6.07) is -0.929.